The van der Waals surface area contributed by atoms with Crippen molar-refractivity contribution >= 4 is 17.9 Å². The maximum Gasteiger partial charge on any atom is 0.223 e. The molecule has 0 N–H and O–H groups in total. The predicted octanol–water partition coefficient (Wildman–Crippen LogP) is 1.96. The highest BCUT2D eigenvalue weighted by Crippen LogP contribution is 2.12. The first-order valence-corrected chi connectivity index (χ1v) is 6.71. The summed E-state index contributed by atoms with van der Waals surface area (Å²) in [5.41, 5.74) is -0.0677. The van der Waals surface area contributed by atoms with Crippen molar-refractivity contribution in [2.24, 2.45) is 5.92 Å². The first-order valence-electron chi connectivity index (χ1n) is 6.71. The number of rotatable bonds is 8. The molecule has 0 amide bonds. The van der Waals surface area contributed by atoms with E-state index in [0.717, 1.165) is 19.1 Å². The third kappa shape index (κ3) is 5.48. The summed E-state index contributed by atoms with van der Waals surface area (Å²) in [5, 5.41) is 0. The Bertz CT molecular complexity index is 432. The molecule has 0 saturated heterocycles. The van der Waals surface area contributed by atoms with Crippen LogP contribution < -0.4 is 0 Å². The van der Waals surface area contributed by atoms with Crippen molar-refractivity contribution in [3.63, 3.8) is 0 Å². The SMILES string of the molecule is CC(C)CCCOCC(=O)C1=CCC(=O)C(C=O)=CO1. The third-order valence-corrected chi connectivity index (χ3v) is 2.81. The molecule has 110 valence electrons. The molecule has 1 rings (SSSR count). The molecule has 5 nitrogen and oxygen atoms in total. The van der Waals surface area contributed by atoms with E-state index >= 15 is 0 Å². The number of carbonyl (C=O) groups excluding carboxylic acids is 3. The lowest BCUT2D eigenvalue weighted by Gasteiger charge is -2.07. The zero-order chi connectivity index (χ0) is 15.0. The van der Waals surface area contributed by atoms with E-state index in [9.17, 15) is 14.4 Å². The molecule has 0 atom stereocenters. The van der Waals surface area contributed by atoms with Crippen molar-refractivity contribution in [1.29, 1.82) is 0 Å². The maximum absolute atomic E-state index is 11.8. The fourth-order valence-corrected chi connectivity index (χ4v) is 1.65. The van der Waals surface area contributed by atoms with Gasteiger partial charge in [0.2, 0.25) is 5.78 Å². The summed E-state index contributed by atoms with van der Waals surface area (Å²) in [6.07, 6.45) is 4.76. The zero-order valence-corrected chi connectivity index (χ0v) is 11.9. The zero-order valence-electron chi connectivity index (χ0n) is 11.9. The van der Waals surface area contributed by atoms with Crippen molar-refractivity contribution in [3.8, 4) is 0 Å². The maximum atomic E-state index is 11.8. The number of Topliss-reactive ketones (excluding diaryl/α,β-unsaturated/α-hetero) is 2. The highest BCUT2D eigenvalue weighted by Gasteiger charge is 2.17. The largest absolute Gasteiger partial charge is 0.461 e. The molecule has 0 bridgehead atoms. The summed E-state index contributed by atoms with van der Waals surface area (Å²) in [6, 6.07) is 0. The Morgan fingerprint density at radius 3 is 2.90 bits per heavy atom. The Kier molecular flexibility index (Phi) is 6.87. The molecular weight excluding hydrogens is 260 g/mol. The fourth-order valence-electron chi connectivity index (χ4n) is 1.65. The lowest BCUT2D eigenvalue weighted by atomic mass is 10.1. The molecular formula is C15H20O5. The summed E-state index contributed by atoms with van der Waals surface area (Å²) in [7, 11) is 0. The van der Waals surface area contributed by atoms with E-state index in [2.05, 4.69) is 13.8 Å². The number of ketones is 2. The average molecular weight is 280 g/mol. The number of hydrogen-bond acceptors (Lipinski definition) is 5. The Morgan fingerprint density at radius 1 is 1.50 bits per heavy atom. The van der Waals surface area contributed by atoms with Gasteiger partial charge in [-0.25, -0.2) is 0 Å². The summed E-state index contributed by atoms with van der Waals surface area (Å²) in [4.78, 5) is 33.8. The summed E-state index contributed by atoms with van der Waals surface area (Å²) in [6.45, 7) is 4.69. The van der Waals surface area contributed by atoms with Gasteiger partial charge in [0.25, 0.3) is 0 Å². The standard InChI is InChI=1S/C15H20O5/c1-11(2)4-3-7-19-10-14(18)15-6-5-13(17)12(8-16)9-20-15/h6,8-9,11H,3-5,7,10H2,1-2H3. The fraction of sp³-hybridized carbons (Fsp3) is 0.533. The van der Waals surface area contributed by atoms with Crippen molar-refractivity contribution in [2.75, 3.05) is 13.2 Å². The minimum atomic E-state index is -0.361. The van der Waals surface area contributed by atoms with Crippen LogP contribution in [0.15, 0.2) is 23.7 Å². The van der Waals surface area contributed by atoms with Gasteiger partial charge in [0.05, 0.1) is 5.57 Å². The van der Waals surface area contributed by atoms with E-state index in [1.54, 1.807) is 0 Å². The van der Waals surface area contributed by atoms with Gasteiger partial charge in [-0.2, -0.15) is 0 Å². The first-order chi connectivity index (χ1) is 9.54. The van der Waals surface area contributed by atoms with Crippen molar-refractivity contribution in [1.82, 2.24) is 0 Å². The number of allylic oxidation sites excluding steroid dienone is 2. The van der Waals surface area contributed by atoms with Gasteiger partial charge in [-0.05, 0) is 24.8 Å². The second kappa shape index (κ2) is 8.43. The average Bonchev–Trinajstić information content (AvgIpc) is 2.59. The van der Waals surface area contributed by atoms with Crippen LogP contribution in [0, 0.1) is 5.92 Å². The van der Waals surface area contributed by atoms with Crippen LogP contribution in [0.25, 0.3) is 0 Å². The number of ether oxygens (including phenoxy) is 2. The van der Waals surface area contributed by atoms with E-state index in [-0.39, 0.29) is 35.9 Å². The molecule has 0 aromatic rings. The van der Waals surface area contributed by atoms with Gasteiger partial charge >= 0.3 is 0 Å². The molecule has 1 heterocycles. The molecule has 5 heteroatoms. The molecule has 1 aliphatic heterocycles. The van der Waals surface area contributed by atoms with Gasteiger partial charge in [0.1, 0.15) is 12.9 Å². The summed E-state index contributed by atoms with van der Waals surface area (Å²) in [5.74, 6) is -0.0226. The van der Waals surface area contributed by atoms with E-state index in [4.69, 9.17) is 9.47 Å². The Morgan fingerprint density at radius 2 is 2.25 bits per heavy atom. The number of carbonyl (C=O) groups is 3. The topological polar surface area (TPSA) is 69.7 Å². The van der Waals surface area contributed by atoms with Gasteiger partial charge in [-0.3, -0.25) is 14.4 Å². The molecule has 0 aromatic carbocycles. The van der Waals surface area contributed by atoms with Gasteiger partial charge in [-0.1, -0.05) is 13.8 Å². The highest BCUT2D eigenvalue weighted by atomic mass is 16.5. The molecule has 0 aliphatic carbocycles. The van der Waals surface area contributed by atoms with E-state index in [0.29, 0.717) is 18.8 Å². The Labute approximate surface area is 118 Å². The molecule has 20 heavy (non-hydrogen) atoms. The minimum absolute atomic E-state index is 0.0149. The first kappa shape index (κ1) is 16.3. The molecule has 0 radical (unpaired) electrons. The predicted molar refractivity (Wildman–Crippen MR) is 72.8 cm³/mol. The van der Waals surface area contributed by atoms with Crippen LogP contribution in [0.3, 0.4) is 0 Å². The van der Waals surface area contributed by atoms with Gasteiger partial charge in [0.15, 0.2) is 17.8 Å². The van der Waals surface area contributed by atoms with Crippen LogP contribution in [0.2, 0.25) is 0 Å². The third-order valence-electron chi connectivity index (χ3n) is 2.81. The van der Waals surface area contributed by atoms with Crippen LogP contribution in [0.4, 0.5) is 0 Å². The molecule has 0 fully saturated rings. The normalized spacial score (nSPS) is 15.2. The van der Waals surface area contributed by atoms with Crippen molar-refractivity contribution in [3.05, 3.63) is 23.7 Å². The molecule has 0 spiro atoms. The van der Waals surface area contributed by atoms with Crippen LogP contribution in [-0.4, -0.2) is 31.1 Å². The van der Waals surface area contributed by atoms with Crippen molar-refractivity contribution < 1.29 is 23.9 Å². The lowest BCUT2D eigenvalue weighted by Crippen LogP contribution is -2.13. The van der Waals surface area contributed by atoms with E-state index < -0.39 is 0 Å². The Hall–Kier alpha value is -1.75. The molecule has 0 unspecified atom stereocenters. The highest BCUT2D eigenvalue weighted by molar-refractivity contribution is 6.12. The van der Waals surface area contributed by atoms with Crippen LogP contribution in [0.5, 0.6) is 0 Å². The van der Waals surface area contributed by atoms with Gasteiger partial charge in [0, 0.05) is 13.0 Å². The molecule has 0 aromatic heterocycles. The number of aldehydes is 1. The monoisotopic (exact) mass is 280 g/mol. The van der Waals surface area contributed by atoms with Gasteiger partial charge < -0.3 is 9.47 Å². The van der Waals surface area contributed by atoms with Crippen molar-refractivity contribution in [2.45, 2.75) is 33.1 Å². The quantitative estimate of drug-likeness (QED) is 0.386. The smallest absolute Gasteiger partial charge is 0.223 e. The van der Waals surface area contributed by atoms with E-state index in [1.165, 1.54) is 6.08 Å². The molecule has 0 saturated carbocycles. The van der Waals surface area contributed by atoms with Gasteiger partial charge in [-0.15, -0.1) is 0 Å². The summed E-state index contributed by atoms with van der Waals surface area (Å²) >= 11 is 0. The van der Waals surface area contributed by atoms with Crippen LogP contribution >= 0.6 is 0 Å². The lowest BCUT2D eigenvalue weighted by molar-refractivity contribution is -0.122. The second-order valence-corrected chi connectivity index (χ2v) is 5.02. The van der Waals surface area contributed by atoms with Crippen LogP contribution in [0.1, 0.15) is 33.1 Å². The number of hydrogen-bond donors (Lipinski definition) is 0. The minimum Gasteiger partial charge on any atom is -0.461 e. The Balaban J connectivity index is 2.38. The second-order valence-electron chi connectivity index (χ2n) is 5.02. The summed E-state index contributed by atoms with van der Waals surface area (Å²) < 4.78 is 10.3. The molecule has 1 aliphatic rings. The van der Waals surface area contributed by atoms with E-state index in [1.807, 2.05) is 0 Å². The van der Waals surface area contributed by atoms with Crippen LogP contribution in [-0.2, 0) is 23.9 Å².